The largest absolute Gasteiger partial charge is 0.333 e. The van der Waals surface area contributed by atoms with Gasteiger partial charge in [0.2, 0.25) is 17.9 Å². The molecule has 0 amide bonds. The molecule has 0 saturated carbocycles. The first-order valence-electron chi connectivity index (χ1n) is 13.1. The van der Waals surface area contributed by atoms with E-state index >= 15 is 0 Å². The van der Waals surface area contributed by atoms with Gasteiger partial charge in [-0.25, -0.2) is 0 Å². The van der Waals surface area contributed by atoms with Crippen LogP contribution in [0, 0.1) is 0 Å². The van der Waals surface area contributed by atoms with Gasteiger partial charge in [-0.05, 0) is 43.1 Å². The fraction of sp³-hybridized carbons (Fsp3) is 0.250. The van der Waals surface area contributed by atoms with Gasteiger partial charge in [0, 0.05) is 61.1 Å². The summed E-state index contributed by atoms with van der Waals surface area (Å²) in [6, 6.07) is 44.3. The van der Waals surface area contributed by atoms with E-state index in [0.29, 0.717) is 0 Å². The second-order valence-corrected chi connectivity index (χ2v) is 21.1. The molecule has 0 N–H and O–H groups in total. The minimum absolute atomic E-state index is 0. The van der Waals surface area contributed by atoms with Crippen LogP contribution in [0.3, 0.4) is 0 Å². The molecule has 0 spiro atoms. The molecule has 0 saturated heterocycles. The Balaban J connectivity index is 0.000000709. The Morgan fingerprint density at radius 1 is 0.447 bits per heavy atom. The van der Waals surface area contributed by atoms with Gasteiger partial charge < -0.3 is 4.23 Å². The van der Waals surface area contributed by atoms with Crippen LogP contribution in [-0.4, -0.2) is 68.7 Å². The molecule has 4 rings (SSSR count). The van der Waals surface area contributed by atoms with Gasteiger partial charge in [0.15, 0.2) is 0 Å². The summed E-state index contributed by atoms with van der Waals surface area (Å²) in [7, 11) is -1.97. The Morgan fingerprint density at radius 3 is 0.789 bits per heavy atom. The molecule has 0 aromatic heterocycles. The Morgan fingerprint density at radius 2 is 0.632 bits per heavy atom. The van der Waals surface area contributed by atoms with Gasteiger partial charge >= 0.3 is 0 Å². The first-order chi connectivity index (χ1) is 17.8. The van der Waals surface area contributed by atoms with Crippen molar-refractivity contribution in [3.05, 3.63) is 121 Å². The van der Waals surface area contributed by atoms with E-state index in [2.05, 4.69) is 172 Å². The average Bonchev–Trinajstić information content (AvgIpc) is 2.90. The fourth-order valence-corrected chi connectivity index (χ4v) is 10.8. The first-order valence-corrected chi connectivity index (χ1v) is 22.0. The summed E-state index contributed by atoms with van der Waals surface area (Å²) in [6.07, 6.45) is 0. The predicted octanol–water partition coefficient (Wildman–Crippen LogP) is 5.10. The summed E-state index contributed by atoms with van der Waals surface area (Å²) in [5, 5.41) is 5.78. The van der Waals surface area contributed by atoms with Crippen LogP contribution in [-0.2, 0) is 21.1 Å². The summed E-state index contributed by atoms with van der Waals surface area (Å²) in [5.74, 6) is 0. The molecule has 0 aliphatic carbocycles. The van der Waals surface area contributed by atoms with Crippen molar-refractivity contribution in [2.24, 2.45) is 0 Å². The third kappa shape index (κ3) is 12.3. The van der Waals surface area contributed by atoms with Crippen molar-refractivity contribution in [1.82, 2.24) is 4.23 Å². The zero-order chi connectivity index (χ0) is 27.0. The zero-order valence-electron chi connectivity index (χ0n) is 24.0. The Labute approximate surface area is 253 Å². The fourth-order valence-electron chi connectivity index (χ4n) is 3.77. The Kier molecular flexibility index (Phi) is 18.2. The molecule has 0 aliphatic heterocycles. The van der Waals surface area contributed by atoms with Gasteiger partial charge in [0.05, 0.1) is 0 Å². The molecule has 6 heteroatoms. The summed E-state index contributed by atoms with van der Waals surface area (Å²) in [5.41, 5.74) is 0. The van der Waals surface area contributed by atoms with Crippen molar-refractivity contribution in [2.75, 3.05) is 46.5 Å². The van der Waals surface area contributed by atoms with Crippen LogP contribution in [0.4, 0.5) is 0 Å². The molecule has 0 unspecified atom stereocenters. The summed E-state index contributed by atoms with van der Waals surface area (Å²) in [6.45, 7) is 16.9. The zero-order valence-corrected chi connectivity index (χ0v) is 30.3. The molecule has 1 nitrogen and oxygen atoms in total. The third-order valence-electron chi connectivity index (χ3n) is 5.04. The maximum absolute atomic E-state index is 2.81. The minimum atomic E-state index is -1.10. The molecule has 38 heavy (non-hydrogen) atoms. The molecule has 0 fully saturated rings. The van der Waals surface area contributed by atoms with Crippen LogP contribution in [0.2, 0.25) is 0 Å². The van der Waals surface area contributed by atoms with Crippen molar-refractivity contribution in [1.29, 1.82) is 0 Å². The number of rotatable bonds is 7. The van der Waals surface area contributed by atoms with E-state index in [4.69, 9.17) is 0 Å². The molecule has 0 heterocycles. The first kappa shape index (κ1) is 34.8. The van der Waals surface area contributed by atoms with Crippen molar-refractivity contribution in [3.8, 4) is 0 Å². The minimum Gasteiger partial charge on any atom is -0.333 e. The number of hydrogen-bond acceptors (Lipinski definition) is 1. The van der Waals surface area contributed by atoms with Crippen LogP contribution in [0.25, 0.3) is 0 Å². The SMILES string of the molecule is CCN([Si](c1ccccc1)c1ccccc1)[Si](c1ccccc1)c1ccccc1.C[PH+](C)C.C[PH+](C)C.[Pt]. The van der Waals surface area contributed by atoms with E-state index in [1.165, 1.54) is 20.7 Å². The topological polar surface area (TPSA) is 3.24 Å². The van der Waals surface area contributed by atoms with Gasteiger partial charge in [-0.15, -0.1) is 0 Å². The molecule has 0 bridgehead atoms. The van der Waals surface area contributed by atoms with E-state index in [1.54, 1.807) is 0 Å². The second-order valence-electron chi connectivity index (χ2n) is 9.91. The smallest absolute Gasteiger partial charge is 0.202 e. The summed E-state index contributed by atoms with van der Waals surface area (Å²) < 4.78 is 2.81. The van der Waals surface area contributed by atoms with Crippen LogP contribution in [0.1, 0.15) is 6.92 Å². The monoisotopic (exact) mass is 756 g/mol. The van der Waals surface area contributed by atoms with Crippen LogP contribution >= 0.6 is 15.8 Å². The average molecular weight is 757 g/mol. The van der Waals surface area contributed by atoms with Crippen LogP contribution < -0.4 is 20.7 Å². The second kappa shape index (κ2) is 19.8. The van der Waals surface area contributed by atoms with Gasteiger partial charge in [-0.1, -0.05) is 128 Å². The number of hydrogen-bond donors (Lipinski definition) is 0. The molecular weight excluding hydrogens is 712 g/mol. The Bertz CT molecular complexity index is 928. The van der Waals surface area contributed by atoms with Crippen molar-refractivity contribution in [3.63, 3.8) is 0 Å². The Hall–Kier alpha value is -1.18. The van der Waals surface area contributed by atoms with Gasteiger partial charge in [0.1, 0.15) is 0 Å². The number of nitrogens with zero attached hydrogens (tertiary/aromatic N) is 1. The predicted molar refractivity (Wildman–Crippen MR) is 180 cm³/mol. The molecule has 4 aromatic rings. The molecule has 2 radical (unpaired) electrons. The third-order valence-corrected chi connectivity index (χ3v) is 11.6. The van der Waals surface area contributed by atoms with E-state index in [0.717, 1.165) is 6.54 Å². The van der Waals surface area contributed by atoms with Crippen molar-refractivity contribution >= 4 is 54.5 Å². The van der Waals surface area contributed by atoms with E-state index < -0.39 is 17.9 Å². The van der Waals surface area contributed by atoms with E-state index in [-0.39, 0.29) is 36.9 Å². The molecule has 0 atom stereocenters. The normalized spacial score (nSPS) is 10.5. The van der Waals surface area contributed by atoms with Crippen LogP contribution in [0.15, 0.2) is 121 Å². The van der Waals surface area contributed by atoms with Crippen molar-refractivity contribution < 1.29 is 21.1 Å². The molecule has 4 aromatic carbocycles. The molecule has 0 aliphatic rings. The summed E-state index contributed by atoms with van der Waals surface area (Å²) >= 11 is 0. The van der Waals surface area contributed by atoms with E-state index in [9.17, 15) is 0 Å². The standard InChI is InChI=1S/C26H25NSi2.2C3H9P.Pt/c1-2-27(28(23-15-7-3-8-16-23)24-17-9-4-10-18-24)29(25-19-11-5-12-20-25)26-21-13-6-14-22-26;2*1-4(2)3;/h3-22H,2H2,1H3;2*1-3H3;/p+2. The van der Waals surface area contributed by atoms with Crippen molar-refractivity contribution in [2.45, 2.75) is 6.92 Å². The molecular formula is C32H45NP2PtSi2+2. The quantitative estimate of drug-likeness (QED) is 0.188. The van der Waals surface area contributed by atoms with Crippen LogP contribution in [0.5, 0.6) is 0 Å². The molecule has 204 valence electrons. The number of benzene rings is 4. The van der Waals surface area contributed by atoms with E-state index in [1.807, 2.05) is 0 Å². The summed E-state index contributed by atoms with van der Waals surface area (Å²) in [4.78, 5) is 0. The van der Waals surface area contributed by atoms with Gasteiger partial charge in [-0.3, -0.25) is 0 Å². The van der Waals surface area contributed by atoms with Gasteiger partial charge in [0.25, 0.3) is 0 Å². The maximum Gasteiger partial charge on any atom is 0.202 e. The maximum atomic E-state index is 2.81. The van der Waals surface area contributed by atoms with Gasteiger partial charge in [-0.2, -0.15) is 0 Å².